The Balaban J connectivity index is 1.51. The van der Waals surface area contributed by atoms with Gasteiger partial charge in [0.25, 0.3) is 0 Å². The quantitative estimate of drug-likeness (QED) is 0.195. The molecule has 1 heterocycles. The highest BCUT2D eigenvalue weighted by atomic mass is 127. The Bertz CT molecular complexity index is 1290. The minimum atomic E-state index is -0.509. The van der Waals surface area contributed by atoms with Crippen LogP contribution in [0, 0.1) is 14.1 Å². The molecule has 0 radical (unpaired) electrons. The molecule has 0 spiro atoms. The van der Waals surface area contributed by atoms with E-state index in [1.54, 1.807) is 30.3 Å². The van der Waals surface area contributed by atoms with E-state index in [0.29, 0.717) is 17.9 Å². The third-order valence-corrected chi connectivity index (χ3v) is 6.50. The first-order chi connectivity index (χ1) is 16.3. The zero-order valence-electron chi connectivity index (χ0n) is 18.4. The lowest BCUT2D eigenvalue weighted by molar-refractivity contribution is -0.129. The van der Waals surface area contributed by atoms with E-state index in [1.165, 1.54) is 12.5 Å². The number of rotatable bonds is 6. The van der Waals surface area contributed by atoms with Crippen LogP contribution in [0.5, 0.6) is 5.75 Å². The van der Waals surface area contributed by atoms with E-state index in [1.807, 2.05) is 12.1 Å². The number of aryl methyl sites for hydroxylation is 1. The van der Waals surface area contributed by atoms with Gasteiger partial charge in [-0.25, -0.2) is 9.79 Å². The molecule has 34 heavy (non-hydrogen) atoms. The van der Waals surface area contributed by atoms with Crippen molar-refractivity contribution in [2.45, 2.75) is 20.5 Å². The normalized spacial score (nSPS) is 14.1. The number of carbonyl (C=O) groups is 2. The molecule has 1 N–H and O–H groups in total. The van der Waals surface area contributed by atoms with Crippen LogP contribution in [0.25, 0.3) is 6.08 Å². The van der Waals surface area contributed by atoms with Crippen LogP contribution in [0.2, 0.25) is 0 Å². The van der Waals surface area contributed by atoms with Crippen LogP contribution < -0.4 is 10.1 Å². The minimum Gasteiger partial charge on any atom is -0.487 e. The van der Waals surface area contributed by atoms with Crippen LogP contribution in [0.1, 0.15) is 29.2 Å². The van der Waals surface area contributed by atoms with Gasteiger partial charge in [0.2, 0.25) is 11.8 Å². The number of amides is 1. The molecule has 0 aromatic heterocycles. The molecule has 0 aliphatic carbocycles. The fourth-order valence-electron chi connectivity index (χ4n) is 3.23. The molecule has 1 aliphatic heterocycles. The van der Waals surface area contributed by atoms with Crippen molar-refractivity contribution in [3.8, 4) is 5.75 Å². The number of esters is 1. The molecule has 0 bridgehead atoms. The SMILES string of the molecule is CC(=O)Nc1ccc(C2=N/C(=C\c3cc(I)c(OCc4ccc(C)cc4)c(I)c3)C(=O)O2)cc1. The second kappa shape index (κ2) is 10.7. The number of ether oxygens (including phenoxy) is 2. The summed E-state index contributed by atoms with van der Waals surface area (Å²) in [5.41, 5.74) is 4.67. The monoisotopic (exact) mass is 678 g/mol. The lowest BCUT2D eigenvalue weighted by atomic mass is 10.1. The predicted molar refractivity (Wildman–Crippen MR) is 149 cm³/mol. The summed E-state index contributed by atoms with van der Waals surface area (Å²) in [7, 11) is 0. The molecular formula is C26H20I2N2O4. The molecule has 0 fully saturated rings. The van der Waals surface area contributed by atoms with Crippen LogP contribution >= 0.6 is 45.2 Å². The number of halogens is 2. The van der Waals surface area contributed by atoms with Gasteiger partial charge >= 0.3 is 5.97 Å². The highest BCUT2D eigenvalue weighted by Crippen LogP contribution is 2.31. The molecule has 1 amide bonds. The Morgan fingerprint density at radius 1 is 1.06 bits per heavy atom. The summed E-state index contributed by atoms with van der Waals surface area (Å²) >= 11 is 4.47. The molecule has 3 aromatic carbocycles. The Hall–Kier alpha value is -2.73. The molecule has 0 unspecified atom stereocenters. The van der Waals surface area contributed by atoms with Gasteiger partial charge in [-0.1, -0.05) is 29.8 Å². The molecule has 1 aliphatic rings. The number of cyclic esters (lactones) is 1. The van der Waals surface area contributed by atoms with Gasteiger partial charge in [0.05, 0.1) is 7.14 Å². The van der Waals surface area contributed by atoms with Gasteiger partial charge in [0, 0.05) is 18.2 Å². The van der Waals surface area contributed by atoms with Gasteiger partial charge < -0.3 is 14.8 Å². The number of anilines is 1. The van der Waals surface area contributed by atoms with Gasteiger partial charge in [-0.3, -0.25) is 4.79 Å². The summed E-state index contributed by atoms with van der Waals surface area (Å²) < 4.78 is 13.3. The highest BCUT2D eigenvalue weighted by Gasteiger charge is 2.24. The topological polar surface area (TPSA) is 77.0 Å². The van der Waals surface area contributed by atoms with Gasteiger partial charge in [0.15, 0.2) is 5.70 Å². The van der Waals surface area contributed by atoms with E-state index >= 15 is 0 Å². The average Bonchev–Trinajstić information content (AvgIpc) is 3.14. The average molecular weight is 678 g/mol. The smallest absolute Gasteiger partial charge is 0.363 e. The van der Waals surface area contributed by atoms with E-state index in [2.05, 4.69) is 86.7 Å². The number of nitrogens with one attached hydrogen (secondary N) is 1. The van der Waals surface area contributed by atoms with Crippen LogP contribution in [0.4, 0.5) is 5.69 Å². The summed E-state index contributed by atoms with van der Waals surface area (Å²) in [6, 6.07) is 19.1. The molecule has 8 heteroatoms. The van der Waals surface area contributed by atoms with Crippen LogP contribution in [-0.2, 0) is 20.9 Å². The first kappa shape index (κ1) is 24.4. The van der Waals surface area contributed by atoms with Gasteiger partial charge in [0.1, 0.15) is 12.4 Å². The third kappa shape index (κ3) is 6.03. The van der Waals surface area contributed by atoms with Gasteiger partial charge in [-0.2, -0.15) is 0 Å². The number of nitrogens with zero attached hydrogens (tertiary/aromatic N) is 1. The van der Waals surface area contributed by atoms with Gasteiger partial charge in [-0.15, -0.1) is 0 Å². The summed E-state index contributed by atoms with van der Waals surface area (Å²) in [5, 5.41) is 2.70. The van der Waals surface area contributed by atoms with Crippen molar-refractivity contribution in [3.63, 3.8) is 0 Å². The first-order valence-corrected chi connectivity index (χ1v) is 12.5. The maximum absolute atomic E-state index is 12.4. The zero-order chi connectivity index (χ0) is 24.2. The maximum Gasteiger partial charge on any atom is 0.363 e. The Labute approximate surface area is 224 Å². The van der Waals surface area contributed by atoms with E-state index < -0.39 is 5.97 Å². The van der Waals surface area contributed by atoms with E-state index in [9.17, 15) is 9.59 Å². The summed E-state index contributed by atoms with van der Waals surface area (Å²) in [4.78, 5) is 28.0. The number of benzene rings is 3. The molecule has 3 aromatic rings. The Kier molecular flexibility index (Phi) is 7.67. The molecule has 0 saturated heterocycles. The summed E-state index contributed by atoms with van der Waals surface area (Å²) in [5.74, 6) is 0.374. The van der Waals surface area contributed by atoms with Crippen molar-refractivity contribution >= 4 is 74.7 Å². The zero-order valence-corrected chi connectivity index (χ0v) is 22.7. The van der Waals surface area contributed by atoms with Crippen molar-refractivity contribution in [2.75, 3.05) is 5.32 Å². The number of aliphatic imine (C=N–C) groups is 1. The summed E-state index contributed by atoms with van der Waals surface area (Å²) in [6.07, 6.45) is 1.70. The van der Waals surface area contributed by atoms with Crippen molar-refractivity contribution in [1.29, 1.82) is 0 Å². The Morgan fingerprint density at radius 2 is 1.71 bits per heavy atom. The second-order valence-corrected chi connectivity index (χ2v) is 10.0. The first-order valence-electron chi connectivity index (χ1n) is 10.4. The lowest BCUT2D eigenvalue weighted by Crippen LogP contribution is -2.07. The van der Waals surface area contributed by atoms with Crippen LogP contribution in [0.15, 0.2) is 71.4 Å². The second-order valence-electron chi connectivity index (χ2n) is 7.68. The molecule has 6 nitrogen and oxygen atoms in total. The fourth-order valence-corrected chi connectivity index (χ4v) is 5.36. The molecule has 172 valence electrons. The van der Waals surface area contributed by atoms with Crippen molar-refractivity contribution < 1.29 is 19.1 Å². The lowest BCUT2D eigenvalue weighted by Gasteiger charge is -2.12. The maximum atomic E-state index is 12.4. The highest BCUT2D eigenvalue weighted by molar-refractivity contribution is 14.1. The largest absolute Gasteiger partial charge is 0.487 e. The third-order valence-electron chi connectivity index (χ3n) is 4.90. The van der Waals surface area contributed by atoms with Crippen molar-refractivity contribution in [3.05, 3.63) is 95.8 Å². The van der Waals surface area contributed by atoms with Gasteiger partial charge in [-0.05, 0) is 106 Å². The fraction of sp³-hybridized carbons (Fsp3) is 0.115. The van der Waals surface area contributed by atoms with Crippen LogP contribution in [-0.4, -0.2) is 17.8 Å². The van der Waals surface area contributed by atoms with E-state index in [-0.39, 0.29) is 17.5 Å². The molecule has 0 atom stereocenters. The standard InChI is InChI=1S/C26H20I2N2O4/c1-15-3-5-17(6-4-15)14-33-24-21(27)11-18(12-22(24)28)13-23-26(32)34-25(30-23)19-7-9-20(10-8-19)29-16(2)31/h3-13H,14H2,1-2H3,(H,29,31)/b23-13-. The predicted octanol–water partition coefficient (Wildman–Crippen LogP) is 6.09. The molecule has 0 saturated carbocycles. The van der Waals surface area contributed by atoms with Crippen LogP contribution in [0.3, 0.4) is 0 Å². The van der Waals surface area contributed by atoms with E-state index in [0.717, 1.165) is 24.0 Å². The van der Waals surface area contributed by atoms with Crippen molar-refractivity contribution in [1.82, 2.24) is 0 Å². The molecular weight excluding hydrogens is 658 g/mol. The number of carbonyl (C=O) groups excluding carboxylic acids is 2. The van der Waals surface area contributed by atoms with Crippen molar-refractivity contribution in [2.24, 2.45) is 4.99 Å². The van der Waals surface area contributed by atoms with E-state index in [4.69, 9.17) is 9.47 Å². The molecule has 4 rings (SSSR count). The Morgan fingerprint density at radius 3 is 2.32 bits per heavy atom. The number of hydrogen-bond donors (Lipinski definition) is 1. The summed E-state index contributed by atoms with van der Waals surface area (Å²) in [6.45, 7) is 3.98. The number of hydrogen-bond acceptors (Lipinski definition) is 5. The minimum absolute atomic E-state index is 0.154.